The highest BCUT2D eigenvalue weighted by atomic mass is 16.5. The Morgan fingerprint density at radius 1 is 0.907 bits per heavy atom. The molecule has 1 saturated heterocycles. The molecule has 5 unspecified atom stereocenters. The Kier molecular flexibility index (Phi) is 17.2. The Balaban J connectivity index is 2.59. The monoisotopic (exact) mass is 620 g/mol. The van der Waals surface area contributed by atoms with Gasteiger partial charge in [0.1, 0.15) is 18.1 Å². The Labute approximate surface area is 248 Å². The minimum atomic E-state index is -1.47. The van der Waals surface area contributed by atoms with E-state index >= 15 is 0 Å². The third-order valence-corrected chi connectivity index (χ3v) is 6.79. The molecule has 1 aliphatic rings. The van der Waals surface area contributed by atoms with Crippen LogP contribution < -0.4 is 26.6 Å². The summed E-state index contributed by atoms with van der Waals surface area (Å²) in [6.45, 7) is -1.75. The fraction of sp³-hybridized carbons (Fsp3) is 0.750. The number of amides is 6. The molecule has 0 aromatic carbocycles. The van der Waals surface area contributed by atoms with E-state index in [-0.39, 0.29) is 58.1 Å². The van der Waals surface area contributed by atoms with Crippen molar-refractivity contribution in [1.82, 2.24) is 41.8 Å². The van der Waals surface area contributed by atoms with Crippen molar-refractivity contribution in [3.63, 3.8) is 0 Å². The fourth-order valence-electron chi connectivity index (χ4n) is 4.25. The number of hydroxylamine groups is 6. The van der Waals surface area contributed by atoms with Gasteiger partial charge in [0.15, 0.2) is 0 Å². The van der Waals surface area contributed by atoms with Crippen LogP contribution in [0.25, 0.3) is 0 Å². The van der Waals surface area contributed by atoms with E-state index < -0.39 is 73.0 Å². The van der Waals surface area contributed by atoms with Gasteiger partial charge in [-0.1, -0.05) is 0 Å². The lowest BCUT2D eigenvalue weighted by atomic mass is 10.1. The fourth-order valence-corrected chi connectivity index (χ4v) is 4.25. The number of aliphatic hydroxyl groups excluding tert-OH is 2. The topological polar surface area (TPSA) is 273 Å². The molecule has 6 amide bonds. The summed E-state index contributed by atoms with van der Waals surface area (Å²) < 4.78 is 0. The number of aliphatic hydroxyl groups is 2. The maximum Gasteiger partial charge on any atom is 0.270 e. The molecule has 1 heterocycles. The minimum absolute atomic E-state index is 0.0216. The Bertz CT molecular complexity index is 943. The lowest BCUT2D eigenvalue weighted by Gasteiger charge is -2.29. The summed E-state index contributed by atoms with van der Waals surface area (Å²) in [6, 6.07) is -5.58. The van der Waals surface area contributed by atoms with Crippen LogP contribution in [-0.4, -0.2) is 154 Å². The first-order valence-corrected chi connectivity index (χ1v) is 13.8. The van der Waals surface area contributed by atoms with Crippen LogP contribution in [0.2, 0.25) is 0 Å². The van der Waals surface area contributed by atoms with Crippen LogP contribution in [-0.2, 0) is 28.8 Å². The number of rotatable bonds is 20. The summed E-state index contributed by atoms with van der Waals surface area (Å²) in [7, 11) is 2.95. The number of nitrogens with zero attached hydrogens (tertiary/aromatic N) is 3. The molecule has 1 aliphatic heterocycles. The van der Waals surface area contributed by atoms with Crippen molar-refractivity contribution >= 4 is 35.9 Å². The van der Waals surface area contributed by atoms with Gasteiger partial charge in [0.25, 0.3) is 11.8 Å². The van der Waals surface area contributed by atoms with Crippen molar-refractivity contribution in [1.29, 1.82) is 0 Å². The van der Waals surface area contributed by atoms with E-state index in [4.69, 9.17) is 5.21 Å². The quantitative estimate of drug-likeness (QED) is 0.0348. The number of hydrogen-bond donors (Lipinski definition) is 10. The van der Waals surface area contributed by atoms with Gasteiger partial charge in [0, 0.05) is 19.6 Å². The number of nitrogens with one attached hydrogen (secondary N) is 5. The highest BCUT2D eigenvalue weighted by molar-refractivity contribution is 5.93. The molecule has 1 fully saturated rings. The average Bonchev–Trinajstić information content (AvgIpc) is 3.00. The summed E-state index contributed by atoms with van der Waals surface area (Å²) in [5, 5.41) is 61.9. The van der Waals surface area contributed by atoms with Gasteiger partial charge in [-0.15, -0.1) is 0 Å². The first-order valence-electron chi connectivity index (χ1n) is 13.8. The Hall–Kier alpha value is -3.46. The number of piperidine rings is 1. The van der Waals surface area contributed by atoms with Crippen molar-refractivity contribution in [3.8, 4) is 0 Å². The molecule has 10 N–H and O–H groups in total. The summed E-state index contributed by atoms with van der Waals surface area (Å²) in [5.41, 5.74) is 0. The van der Waals surface area contributed by atoms with E-state index in [1.54, 1.807) is 0 Å². The zero-order valence-electron chi connectivity index (χ0n) is 24.3. The molecule has 19 nitrogen and oxygen atoms in total. The van der Waals surface area contributed by atoms with Crippen molar-refractivity contribution in [2.75, 3.05) is 46.9 Å². The summed E-state index contributed by atoms with van der Waals surface area (Å²) in [5.74, 6) is -3.86. The second kappa shape index (κ2) is 19.7. The molecule has 0 spiro atoms. The third-order valence-electron chi connectivity index (χ3n) is 6.79. The van der Waals surface area contributed by atoms with E-state index in [9.17, 15) is 49.4 Å². The van der Waals surface area contributed by atoms with E-state index in [0.29, 0.717) is 21.6 Å². The molecule has 43 heavy (non-hydrogen) atoms. The van der Waals surface area contributed by atoms with Gasteiger partial charge >= 0.3 is 0 Å². The molecule has 246 valence electrons. The van der Waals surface area contributed by atoms with E-state index in [1.165, 1.54) is 14.1 Å². The predicted molar refractivity (Wildman–Crippen MR) is 145 cm³/mol. The van der Waals surface area contributed by atoms with Gasteiger partial charge in [-0.3, -0.25) is 44.4 Å². The number of likely N-dealkylation sites (N-methyl/N-ethyl adjacent to an activating group) is 2. The van der Waals surface area contributed by atoms with E-state index in [1.807, 2.05) is 0 Å². The van der Waals surface area contributed by atoms with Gasteiger partial charge in [0.2, 0.25) is 24.1 Å². The lowest BCUT2D eigenvalue weighted by Crippen LogP contribution is -2.58. The molecule has 19 heteroatoms. The van der Waals surface area contributed by atoms with Crippen LogP contribution in [0, 0.1) is 0 Å². The first-order chi connectivity index (χ1) is 20.4. The Morgan fingerprint density at radius 3 is 1.95 bits per heavy atom. The first kappa shape index (κ1) is 37.6. The number of hydrogen-bond acceptors (Lipinski definition) is 13. The largest absolute Gasteiger partial charge is 0.394 e. The van der Waals surface area contributed by atoms with Crippen molar-refractivity contribution in [2.45, 2.75) is 68.7 Å². The Morgan fingerprint density at radius 2 is 1.44 bits per heavy atom. The maximum absolute atomic E-state index is 12.7. The molecule has 0 aliphatic carbocycles. The summed E-state index contributed by atoms with van der Waals surface area (Å²) in [4.78, 5) is 72.8. The molecule has 0 bridgehead atoms. The van der Waals surface area contributed by atoms with Crippen LogP contribution in [0.4, 0.5) is 0 Å². The second-order valence-electron chi connectivity index (χ2n) is 9.85. The van der Waals surface area contributed by atoms with Crippen LogP contribution in [0.5, 0.6) is 0 Å². The zero-order chi connectivity index (χ0) is 32.5. The molecule has 5 atom stereocenters. The SMILES string of the molecule is CNC(CCCN(O)C(=O)C(CO)NC(=O)C(CCCN(O)C=O)NC)C(=O)NC(CO)C(=O)NC1CCCN(O)C1=O. The average molecular weight is 621 g/mol. The van der Waals surface area contributed by atoms with Crippen molar-refractivity contribution in [3.05, 3.63) is 0 Å². The highest BCUT2D eigenvalue weighted by Gasteiger charge is 2.32. The van der Waals surface area contributed by atoms with Gasteiger partial charge < -0.3 is 36.8 Å². The third kappa shape index (κ3) is 12.4. The zero-order valence-corrected chi connectivity index (χ0v) is 24.3. The predicted octanol–water partition coefficient (Wildman–Crippen LogP) is -4.76. The molecule has 0 radical (unpaired) electrons. The van der Waals surface area contributed by atoms with Crippen LogP contribution >= 0.6 is 0 Å². The van der Waals surface area contributed by atoms with E-state index in [2.05, 4.69) is 26.6 Å². The maximum atomic E-state index is 12.7. The second-order valence-corrected chi connectivity index (χ2v) is 9.85. The van der Waals surface area contributed by atoms with Gasteiger partial charge in [0.05, 0.1) is 25.3 Å². The van der Waals surface area contributed by atoms with Gasteiger partial charge in [-0.25, -0.2) is 15.2 Å². The lowest BCUT2D eigenvalue weighted by molar-refractivity contribution is -0.173. The molecule has 0 saturated carbocycles. The highest BCUT2D eigenvalue weighted by Crippen LogP contribution is 2.10. The molecule has 1 rings (SSSR count). The number of carbonyl (C=O) groups excluding carboxylic acids is 6. The molecule has 0 aromatic rings. The van der Waals surface area contributed by atoms with Crippen LogP contribution in [0.15, 0.2) is 0 Å². The normalized spacial score (nSPS) is 17.7. The smallest absolute Gasteiger partial charge is 0.270 e. The van der Waals surface area contributed by atoms with Crippen LogP contribution in [0.3, 0.4) is 0 Å². The van der Waals surface area contributed by atoms with Gasteiger partial charge in [-0.2, -0.15) is 0 Å². The van der Waals surface area contributed by atoms with E-state index in [0.717, 1.165) is 0 Å². The van der Waals surface area contributed by atoms with Crippen molar-refractivity contribution in [2.24, 2.45) is 0 Å². The van der Waals surface area contributed by atoms with Gasteiger partial charge in [-0.05, 0) is 52.6 Å². The molecule has 0 aromatic heterocycles. The van der Waals surface area contributed by atoms with Crippen molar-refractivity contribution < 1.29 is 54.6 Å². The minimum Gasteiger partial charge on any atom is -0.394 e. The summed E-state index contributed by atoms with van der Waals surface area (Å²) in [6.07, 6.45) is 1.53. The van der Waals surface area contributed by atoms with Crippen LogP contribution in [0.1, 0.15) is 38.5 Å². The molecular formula is C24H44N8O11. The number of carbonyl (C=O) groups is 6. The summed E-state index contributed by atoms with van der Waals surface area (Å²) >= 11 is 0. The standard InChI is InChI=1S/C24H44N8O11/c1-25-15(6-3-9-30(41)14-35)21(37)29-19(13-34)24(40)32(43)10-4-7-16(26-2)20(36)28-18(12-33)22(38)27-17-8-5-11-31(42)23(17)39/h14-19,25-26,33-34,41-43H,3-13H2,1-2H3,(H,27,38)(H,28,36)(H,29,37). The molecular weight excluding hydrogens is 576 g/mol.